The summed E-state index contributed by atoms with van der Waals surface area (Å²) in [6.45, 7) is 4.68. The molecule has 3 aliphatic rings. The van der Waals surface area contributed by atoms with Crippen LogP contribution in [0.4, 0.5) is 28.4 Å². The van der Waals surface area contributed by atoms with Crippen molar-refractivity contribution in [2.75, 3.05) is 51.7 Å². The van der Waals surface area contributed by atoms with E-state index in [4.69, 9.17) is 0 Å². The monoisotopic (exact) mass is 642 g/mol. The summed E-state index contributed by atoms with van der Waals surface area (Å²) in [6.07, 6.45) is -0.673. The van der Waals surface area contributed by atoms with Gasteiger partial charge in [-0.15, -0.1) is 0 Å². The van der Waals surface area contributed by atoms with Gasteiger partial charge in [-0.2, -0.15) is 13.2 Å². The number of nitrogens with zero attached hydrogens (tertiary/aromatic N) is 4. The average Bonchev–Trinajstić information content (AvgIpc) is 3.19. The molecule has 0 saturated carbocycles. The zero-order chi connectivity index (χ0) is 33.0. The van der Waals surface area contributed by atoms with E-state index in [1.165, 1.54) is 12.1 Å². The molecule has 2 saturated heterocycles. The summed E-state index contributed by atoms with van der Waals surface area (Å²) in [4.78, 5) is 49.2. The number of likely N-dealkylation sites (tertiary alicyclic amines) is 1. The van der Waals surface area contributed by atoms with Crippen LogP contribution in [0.1, 0.15) is 54.9 Å². The number of para-hydroxylation sites is 1. The van der Waals surface area contributed by atoms with E-state index >= 15 is 0 Å². The SMILES string of the molecule is CCc1cc(C[C@@H](NC(=O)N2C(=O)N(C3CCNCC3)CCc3ccccc32)C(=O)N2CCC(N(C)C)CC2)ccc1C(F)(F)F. The lowest BCUT2D eigenvalue weighted by Gasteiger charge is -2.38. The predicted molar refractivity (Wildman–Crippen MR) is 171 cm³/mol. The fourth-order valence-electron chi connectivity index (χ4n) is 6.98. The van der Waals surface area contributed by atoms with Crippen molar-refractivity contribution >= 4 is 23.7 Å². The Bertz CT molecular complexity index is 1400. The molecule has 0 aliphatic carbocycles. The lowest BCUT2D eigenvalue weighted by Crippen LogP contribution is -2.59. The van der Waals surface area contributed by atoms with Crippen LogP contribution in [0.15, 0.2) is 42.5 Å². The Morgan fingerprint density at radius 2 is 1.72 bits per heavy atom. The summed E-state index contributed by atoms with van der Waals surface area (Å²) >= 11 is 0. The molecule has 0 bridgehead atoms. The number of imide groups is 1. The largest absolute Gasteiger partial charge is 0.416 e. The maximum Gasteiger partial charge on any atom is 0.416 e. The van der Waals surface area contributed by atoms with Crippen LogP contribution in [-0.2, 0) is 30.2 Å². The van der Waals surface area contributed by atoms with Gasteiger partial charge >= 0.3 is 18.2 Å². The number of anilines is 1. The highest BCUT2D eigenvalue weighted by Crippen LogP contribution is 2.33. The van der Waals surface area contributed by atoms with Crippen LogP contribution in [0.25, 0.3) is 0 Å². The van der Waals surface area contributed by atoms with Gasteiger partial charge < -0.3 is 25.3 Å². The second kappa shape index (κ2) is 14.4. The Kier molecular flexibility index (Phi) is 10.6. The van der Waals surface area contributed by atoms with Crippen molar-refractivity contribution in [3.8, 4) is 0 Å². The van der Waals surface area contributed by atoms with Crippen molar-refractivity contribution in [2.45, 2.75) is 76.2 Å². The molecule has 2 N–H and O–H groups in total. The van der Waals surface area contributed by atoms with Crippen molar-refractivity contribution < 1.29 is 27.6 Å². The normalized spacial score (nSPS) is 19.2. The molecular weight excluding hydrogens is 597 g/mol. The predicted octanol–water partition coefficient (Wildman–Crippen LogP) is 4.68. The third-order valence-electron chi connectivity index (χ3n) is 9.64. The Morgan fingerprint density at radius 1 is 1.02 bits per heavy atom. The first-order chi connectivity index (χ1) is 22.0. The number of halogens is 3. The third kappa shape index (κ3) is 7.49. The molecule has 0 aromatic heterocycles. The van der Waals surface area contributed by atoms with Gasteiger partial charge in [0, 0.05) is 38.1 Å². The van der Waals surface area contributed by atoms with Gasteiger partial charge in [-0.05, 0) is 94.5 Å². The molecule has 0 radical (unpaired) electrons. The lowest BCUT2D eigenvalue weighted by atomic mass is 9.96. The summed E-state index contributed by atoms with van der Waals surface area (Å²) < 4.78 is 41.0. The summed E-state index contributed by atoms with van der Waals surface area (Å²) in [5.74, 6) is -0.311. The Hall–Kier alpha value is -3.64. The molecule has 0 spiro atoms. The van der Waals surface area contributed by atoms with Gasteiger partial charge in [0.25, 0.3) is 0 Å². The van der Waals surface area contributed by atoms with Crippen LogP contribution in [0.5, 0.6) is 0 Å². The highest BCUT2D eigenvalue weighted by molar-refractivity contribution is 6.15. The first-order valence-electron chi connectivity index (χ1n) is 16.3. The standard InChI is InChI=1S/C34H45F3N6O3/c1-4-24-21-23(9-10-28(24)34(35,36)37)22-29(31(44)41-18-14-26(15-19-41)40(2)3)39-32(45)43-30-8-6-5-7-25(30)13-20-42(33(43)46)27-11-16-38-17-12-27/h5-10,21,26-27,29,38H,4,11-20,22H2,1-3H3,(H,39,45)/t29-/m1/s1. The molecule has 250 valence electrons. The van der Waals surface area contributed by atoms with Gasteiger partial charge in [0.15, 0.2) is 0 Å². The van der Waals surface area contributed by atoms with Gasteiger partial charge in [-0.3, -0.25) is 4.79 Å². The number of aryl methyl sites for hydroxylation is 1. The summed E-state index contributed by atoms with van der Waals surface area (Å²) in [7, 11) is 4.01. The van der Waals surface area contributed by atoms with Gasteiger partial charge in [0.05, 0.1) is 11.3 Å². The number of hydrogen-bond donors (Lipinski definition) is 2. The van der Waals surface area contributed by atoms with E-state index in [2.05, 4.69) is 15.5 Å². The van der Waals surface area contributed by atoms with Crippen molar-refractivity contribution in [3.05, 3.63) is 64.7 Å². The molecule has 3 heterocycles. The highest BCUT2D eigenvalue weighted by Gasteiger charge is 2.39. The summed E-state index contributed by atoms with van der Waals surface area (Å²) in [6, 6.07) is 9.25. The number of urea groups is 2. The summed E-state index contributed by atoms with van der Waals surface area (Å²) in [5.41, 5.74) is 1.25. The number of nitrogens with one attached hydrogen (secondary N) is 2. The fourth-order valence-corrected chi connectivity index (χ4v) is 6.98. The van der Waals surface area contributed by atoms with Gasteiger partial charge in [0.2, 0.25) is 5.91 Å². The molecule has 5 rings (SSSR count). The maximum atomic E-state index is 14.2. The van der Waals surface area contributed by atoms with E-state index in [1.54, 1.807) is 28.9 Å². The number of fused-ring (bicyclic) bond motifs is 1. The van der Waals surface area contributed by atoms with E-state index in [9.17, 15) is 27.6 Å². The minimum atomic E-state index is -4.50. The molecule has 0 unspecified atom stereocenters. The number of hydrogen-bond acceptors (Lipinski definition) is 5. The van der Waals surface area contributed by atoms with E-state index in [1.807, 2.05) is 26.2 Å². The van der Waals surface area contributed by atoms with Crippen LogP contribution in [-0.4, -0.2) is 97.6 Å². The van der Waals surface area contributed by atoms with Crippen LogP contribution in [0.2, 0.25) is 0 Å². The first-order valence-corrected chi connectivity index (χ1v) is 16.3. The van der Waals surface area contributed by atoms with Gasteiger partial charge in [0.1, 0.15) is 6.04 Å². The zero-order valence-electron chi connectivity index (χ0n) is 26.9. The van der Waals surface area contributed by atoms with Crippen molar-refractivity contribution in [1.29, 1.82) is 0 Å². The smallest absolute Gasteiger partial charge is 0.341 e. The maximum absolute atomic E-state index is 14.2. The first kappa shape index (κ1) is 33.7. The second-order valence-corrected chi connectivity index (χ2v) is 12.7. The van der Waals surface area contributed by atoms with E-state index in [0.29, 0.717) is 43.3 Å². The lowest BCUT2D eigenvalue weighted by molar-refractivity contribution is -0.138. The molecule has 46 heavy (non-hydrogen) atoms. The Morgan fingerprint density at radius 3 is 2.37 bits per heavy atom. The number of piperidine rings is 2. The van der Waals surface area contributed by atoms with Crippen LogP contribution >= 0.6 is 0 Å². The zero-order valence-corrected chi connectivity index (χ0v) is 26.9. The molecule has 2 aromatic carbocycles. The number of carbonyl (C=O) groups excluding carboxylic acids is 3. The average molecular weight is 643 g/mol. The van der Waals surface area contributed by atoms with Gasteiger partial charge in [-0.25, -0.2) is 14.5 Å². The van der Waals surface area contributed by atoms with Gasteiger partial charge in [-0.1, -0.05) is 37.3 Å². The van der Waals surface area contributed by atoms with Crippen LogP contribution in [0, 0.1) is 0 Å². The van der Waals surface area contributed by atoms with Crippen LogP contribution in [0.3, 0.4) is 0 Å². The minimum Gasteiger partial charge on any atom is -0.341 e. The van der Waals surface area contributed by atoms with E-state index < -0.39 is 29.8 Å². The number of benzene rings is 2. The molecule has 3 aliphatic heterocycles. The molecule has 5 amide bonds. The van der Waals surface area contributed by atoms with Crippen LogP contribution < -0.4 is 15.5 Å². The summed E-state index contributed by atoms with van der Waals surface area (Å²) in [5, 5.41) is 6.19. The third-order valence-corrected chi connectivity index (χ3v) is 9.64. The van der Waals surface area contributed by atoms with E-state index in [0.717, 1.165) is 55.3 Å². The minimum absolute atomic E-state index is 0.00892. The number of alkyl halides is 3. The molecule has 9 nitrogen and oxygen atoms in total. The van der Waals surface area contributed by atoms with Crippen molar-refractivity contribution in [3.63, 3.8) is 0 Å². The van der Waals surface area contributed by atoms with Crippen molar-refractivity contribution in [1.82, 2.24) is 25.3 Å². The number of amides is 5. The second-order valence-electron chi connectivity index (χ2n) is 12.7. The molecule has 12 heteroatoms. The molecule has 2 fully saturated rings. The quantitative estimate of drug-likeness (QED) is 0.458. The number of carbonyl (C=O) groups is 3. The number of rotatable bonds is 7. The van der Waals surface area contributed by atoms with E-state index in [-0.39, 0.29) is 30.4 Å². The fraction of sp³-hybridized carbons (Fsp3) is 0.559. The Balaban J connectivity index is 1.45. The molecular formula is C34H45F3N6O3. The topological polar surface area (TPSA) is 88.2 Å². The van der Waals surface area contributed by atoms with Crippen molar-refractivity contribution in [2.24, 2.45) is 0 Å². The highest BCUT2D eigenvalue weighted by atomic mass is 19.4. The Labute approximate surface area is 269 Å². The molecule has 1 atom stereocenters. The molecule has 2 aromatic rings.